The fourth-order valence-corrected chi connectivity index (χ4v) is 3.09. The molecule has 0 fully saturated rings. The molecule has 0 unspecified atom stereocenters. The monoisotopic (exact) mass is 426 g/mol. The van der Waals surface area contributed by atoms with Crippen molar-refractivity contribution in [1.82, 2.24) is 14.6 Å². The predicted molar refractivity (Wildman–Crippen MR) is 107 cm³/mol. The van der Waals surface area contributed by atoms with Crippen LogP contribution in [0.5, 0.6) is 0 Å². The summed E-state index contributed by atoms with van der Waals surface area (Å²) in [6, 6.07) is 8.33. The normalized spacial score (nSPS) is 11.6. The van der Waals surface area contributed by atoms with Crippen molar-refractivity contribution in [3.8, 4) is 0 Å². The van der Waals surface area contributed by atoms with Crippen molar-refractivity contribution in [2.45, 2.75) is 32.9 Å². The third-order valence-corrected chi connectivity index (χ3v) is 4.32. The quantitative estimate of drug-likeness (QED) is 0.508. The fraction of sp³-hybridized carbons (Fsp3) is 0.278. The average Bonchev–Trinajstić information content (AvgIpc) is 3.00. The molecule has 0 atom stereocenters. The van der Waals surface area contributed by atoms with Gasteiger partial charge in [0.05, 0.1) is 12.7 Å². The SMILES string of the molecule is CC(C)(C)OC(=O)N(Cc1ccc(Cl)cc1Cl)c1cc(Cl)nc2ccnn12. The van der Waals surface area contributed by atoms with Crippen LogP contribution in [-0.2, 0) is 11.3 Å². The molecule has 142 valence electrons. The van der Waals surface area contributed by atoms with E-state index in [0.29, 0.717) is 27.1 Å². The van der Waals surface area contributed by atoms with Crippen LogP contribution in [0, 0.1) is 0 Å². The number of fused-ring (bicyclic) bond motifs is 1. The lowest BCUT2D eigenvalue weighted by atomic mass is 10.2. The van der Waals surface area contributed by atoms with Crippen LogP contribution in [0.4, 0.5) is 10.6 Å². The maximum atomic E-state index is 12.9. The minimum Gasteiger partial charge on any atom is -0.443 e. The van der Waals surface area contributed by atoms with E-state index >= 15 is 0 Å². The molecule has 0 saturated heterocycles. The number of halogens is 3. The maximum absolute atomic E-state index is 12.9. The topological polar surface area (TPSA) is 59.7 Å². The van der Waals surface area contributed by atoms with Gasteiger partial charge in [-0.25, -0.2) is 9.78 Å². The van der Waals surface area contributed by atoms with Gasteiger partial charge in [-0.3, -0.25) is 4.90 Å². The molecule has 9 heteroatoms. The zero-order valence-electron chi connectivity index (χ0n) is 14.9. The molecule has 2 heterocycles. The van der Waals surface area contributed by atoms with Crippen molar-refractivity contribution < 1.29 is 9.53 Å². The Kier molecular flexibility index (Phi) is 5.51. The van der Waals surface area contributed by atoms with Gasteiger partial charge in [-0.15, -0.1) is 0 Å². The van der Waals surface area contributed by atoms with Crippen LogP contribution in [0.15, 0.2) is 36.5 Å². The van der Waals surface area contributed by atoms with Crippen LogP contribution >= 0.6 is 34.8 Å². The highest BCUT2D eigenvalue weighted by Crippen LogP contribution is 2.27. The third-order valence-electron chi connectivity index (χ3n) is 3.54. The maximum Gasteiger partial charge on any atom is 0.416 e. The lowest BCUT2D eigenvalue weighted by Crippen LogP contribution is -2.37. The molecule has 0 saturated carbocycles. The second-order valence-corrected chi connectivity index (χ2v) is 8.07. The molecule has 0 bridgehead atoms. The molecule has 2 aromatic heterocycles. The number of ether oxygens (including phenoxy) is 1. The van der Waals surface area contributed by atoms with Crippen molar-refractivity contribution in [1.29, 1.82) is 0 Å². The summed E-state index contributed by atoms with van der Waals surface area (Å²) in [5.74, 6) is 0.412. The van der Waals surface area contributed by atoms with Crippen LogP contribution in [0.2, 0.25) is 15.2 Å². The number of rotatable bonds is 3. The Morgan fingerprint density at radius 1 is 1.19 bits per heavy atom. The first kappa shape index (κ1) is 19.7. The second-order valence-electron chi connectivity index (χ2n) is 6.84. The zero-order chi connectivity index (χ0) is 19.8. The molecule has 3 rings (SSSR count). The third kappa shape index (κ3) is 4.64. The largest absolute Gasteiger partial charge is 0.443 e. The van der Waals surface area contributed by atoms with Gasteiger partial charge in [-0.05, 0) is 38.5 Å². The summed E-state index contributed by atoms with van der Waals surface area (Å²) >= 11 is 18.4. The number of nitrogens with zero attached hydrogens (tertiary/aromatic N) is 4. The van der Waals surface area contributed by atoms with Crippen molar-refractivity contribution >= 4 is 52.4 Å². The molecule has 0 N–H and O–H groups in total. The number of benzene rings is 1. The molecule has 0 spiro atoms. The van der Waals surface area contributed by atoms with Gasteiger partial charge < -0.3 is 4.74 Å². The molecule has 0 aliphatic heterocycles. The van der Waals surface area contributed by atoms with E-state index in [1.165, 1.54) is 9.42 Å². The van der Waals surface area contributed by atoms with E-state index in [2.05, 4.69) is 10.1 Å². The summed E-state index contributed by atoms with van der Waals surface area (Å²) in [5.41, 5.74) is 0.521. The van der Waals surface area contributed by atoms with Crippen LogP contribution in [0.25, 0.3) is 5.65 Å². The number of carbonyl (C=O) groups is 1. The van der Waals surface area contributed by atoms with Gasteiger partial charge in [0.25, 0.3) is 0 Å². The Morgan fingerprint density at radius 2 is 1.93 bits per heavy atom. The Hall–Kier alpha value is -2.02. The first-order valence-corrected chi connectivity index (χ1v) is 9.22. The number of carbonyl (C=O) groups excluding carboxylic acids is 1. The van der Waals surface area contributed by atoms with Gasteiger partial charge in [-0.2, -0.15) is 9.61 Å². The van der Waals surface area contributed by atoms with Crippen molar-refractivity contribution in [2.75, 3.05) is 4.90 Å². The molecule has 1 amide bonds. The van der Waals surface area contributed by atoms with Crippen LogP contribution in [0.1, 0.15) is 26.3 Å². The Balaban J connectivity index is 2.09. The molecular formula is C18H17Cl3N4O2. The van der Waals surface area contributed by atoms with Crippen molar-refractivity contribution in [2.24, 2.45) is 0 Å². The van der Waals surface area contributed by atoms with Crippen molar-refractivity contribution in [3.05, 3.63) is 57.3 Å². The Labute approximate surface area is 171 Å². The van der Waals surface area contributed by atoms with Gasteiger partial charge >= 0.3 is 6.09 Å². The number of aromatic nitrogens is 3. The zero-order valence-corrected chi connectivity index (χ0v) is 17.2. The lowest BCUT2D eigenvalue weighted by molar-refractivity contribution is 0.0575. The van der Waals surface area contributed by atoms with Gasteiger partial charge in [0, 0.05) is 22.2 Å². The van der Waals surface area contributed by atoms with Gasteiger partial charge in [0.1, 0.15) is 16.6 Å². The number of amides is 1. The number of anilines is 1. The van der Waals surface area contributed by atoms with E-state index in [4.69, 9.17) is 39.5 Å². The molecule has 0 radical (unpaired) electrons. The molecule has 27 heavy (non-hydrogen) atoms. The average molecular weight is 428 g/mol. The van der Waals surface area contributed by atoms with E-state index in [0.717, 1.165) is 0 Å². The number of hydrogen-bond donors (Lipinski definition) is 0. The Bertz CT molecular complexity index is 998. The van der Waals surface area contributed by atoms with Crippen molar-refractivity contribution in [3.63, 3.8) is 0 Å². The van der Waals surface area contributed by atoms with Crippen LogP contribution in [0.3, 0.4) is 0 Å². The van der Waals surface area contributed by atoms with Gasteiger partial charge in [-0.1, -0.05) is 40.9 Å². The van der Waals surface area contributed by atoms with E-state index in [1.54, 1.807) is 57.3 Å². The molecular weight excluding hydrogens is 411 g/mol. The summed E-state index contributed by atoms with van der Waals surface area (Å²) in [6.45, 7) is 5.52. The van der Waals surface area contributed by atoms with E-state index in [9.17, 15) is 4.79 Å². The highest BCUT2D eigenvalue weighted by Gasteiger charge is 2.27. The van der Waals surface area contributed by atoms with Gasteiger partial charge in [0.2, 0.25) is 0 Å². The summed E-state index contributed by atoms with van der Waals surface area (Å²) in [7, 11) is 0. The summed E-state index contributed by atoms with van der Waals surface area (Å²) in [6.07, 6.45) is 1.01. The van der Waals surface area contributed by atoms with E-state index in [-0.39, 0.29) is 11.7 Å². The lowest BCUT2D eigenvalue weighted by Gasteiger charge is -2.28. The standard InChI is InChI=1S/C18H17Cl3N4O2/c1-18(2,3)27-17(26)24(10-11-4-5-12(19)8-13(11)20)16-9-14(21)23-15-6-7-22-25(15)16/h4-9H,10H2,1-3H3. The predicted octanol–water partition coefficient (Wildman–Crippen LogP) is 5.63. The number of hydrogen-bond acceptors (Lipinski definition) is 4. The fourth-order valence-electron chi connectivity index (χ4n) is 2.44. The highest BCUT2D eigenvalue weighted by atomic mass is 35.5. The molecule has 3 aromatic rings. The van der Waals surface area contributed by atoms with Crippen LogP contribution < -0.4 is 4.90 Å². The minimum atomic E-state index is -0.681. The Morgan fingerprint density at radius 3 is 2.59 bits per heavy atom. The van der Waals surface area contributed by atoms with E-state index in [1.807, 2.05) is 0 Å². The van der Waals surface area contributed by atoms with Gasteiger partial charge in [0.15, 0.2) is 5.65 Å². The summed E-state index contributed by atoms with van der Waals surface area (Å²) in [4.78, 5) is 18.6. The molecule has 6 nitrogen and oxygen atoms in total. The van der Waals surface area contributed by atoms with Crippen LogP contribution in [-0.4, -0.2) is 26.3 Å². The molecule has 0 aliphatic rings. The highest BCUT2D eigenvalue weighted by molar-refractivity contribution is 6.35. The minimum absolute atomic E-state index is 0.139. The molecule has 1 aromatic carbocycles. The summed E-state index contributed by atoms with van der Waals surface area (Å²) < 4.78 is 7.08. The van der Waals surface area contributed by atoms with E-state index < -0.39 is 11.7 Å². The molecule has 0 aliphatic carbocycles. The first-order valence-electron chi connectivity index (χ1n) is 8.09. The summed E-state index contributed by atoms with van der Waals surface area (Å²) in [5, 5.41) is 5.41. The first-order chi connectivity index (χ1) is 12.6. The second kappa shape index (κ2) is 7.54. The smallest absolute Gasteiger partial charge is 0.416 e.